The van der Waals surface area contributed by atoms with Crippen molar-refractivity contribution in [2.45, 2.75) is 30.4 Å². The van der Waals surface area contributed by atoms with Gasteiger partial charge >= 0.3 is 0 Å². The topological polar surface area (TPSA) is 85.6 Å². The zero-order chi connectivity index (χ0) is 24.6. The molecule has 180 valence electrons. The summed E-state index contributed by atoms with van der Waals surface area (Å²) in [7, 11) is 1.63. The molecule has 2 heterocycles. The van der Waals surface area contributed by atoms with E-state index in [1.807, 2.05) is 18.2 Å². The summed E-state index contributed by atoms with van der Waals surface area (Å²) < 4.78 is 20.3. The average molecular weight is 476 g/mol. The molecule has 2 amide bonds. The van der Waals surface area contributed by atoms with E-state index in [4.69, 9.17) is 4.74 Å². The number of piperidine rings is 1. The number of benzene rings is 2. The van der Waals surface area contributed by atoms with Gasteiger partial charge in [0.2, 0.25) is 0 Å². The largest absolute Gasteiger partial charge is 0.619 e. The van der Waals surface area contributed by atoms with Crippen LogP contribution in [0.1, 0.15) is 50.7 Å². The summed E-state index contributed by atoms with van der Waals surface area (Å²) in [6, 6.07) is 16.3. The second-order valence-corrected chi connectivity index (χ2v) is 9.11. The summed E-state index contributed by atoms with van der Waals surface area (Å²) in [5.41, 5.74) is 2.28. The standard InChI is InChI=1S/C27H26FN3O4/c1-35-24-23(29-25(32)18-6-4-8-20(28)16-18)21-9-2-3-10-22(21)27(24)11-14-30(15-12-27)26(33)19-7-5-13-31(34)17-19/h2-10,13,16-17,23-24H,11-12,14-15H2,1H3,(H,29,32)/t23-,24+/m0/s1. The SMILES string of the molecule is CO[C@@H]1[C@@H](NC(=O)c2cccc(F)c2)c2ccccc2C12CCN(C(=O)c1ccc[n+]([O-])c1)CC2. The molecule has 1 saturated heterocycles. The summed E-state index contributed by atoms with van der Waals surface area (Å²) in [5, 5.41) is 14.7. The van der Waals surface area contributed by atoms with Crippen molar-refractivity contribution in [1.29, 1.82) is 0 Å². The Kier molecular flexibility index (Phi) is 5.98. The van der Waals surface area contributed by atoms with Gasteiger partial charge in [0, 0.05) is 37.2 Å². The van der Waals surface area contributed by atoms with Crippen molar-refractivity contribution >= 4 is 11.8 Å². The van der Waals surface area contributed by atoms with Crippen LogP contribution in [0, 0.1) is 11.0 Å². The fourth-order valence-corrected chi connectivity index (χ4v) is 5.65. The first-order valence-electron chi connectivity index (χ1n) is 11.6. The van der Waals surface area contributed by atoms with Crippen LogP contribution in [0.3, 0.4) is 0 Å². The minimum atomic E-state index is -0.470. The Morgan fingerprint density at radius 3 is 2.54 bits per heavy atom. The summed E-state index contributed by atoms with van der Waals surface area (Å²) in [6.07, 6.45) is 3.57. The van der Waals surface area contributed by atoms with Gasteiger partial charge in [-0.3, -0.25) is 9.59 Å². The predicted molar refractivity (Wildman–Crippen MR) is 126 cm³/mol. The molecule has 1 aliphatic heterocycles. The van der Waals surface area contributed by atoms with Crippen LogP contribution in [0.25, 0.3) is 0 Å². The molecule has 1 fully saturated rings. The van der Waals surface area contributed by atoms with Crippen LogP contribution in [0.5, 0.6) is 0 Å². The Bertz CT molecular complexity index is 1270. The molecular weight excluding hydrogens is 449 g/mol. The van der Waals surface area contributed by atoms with Gasteiger partial charge in [0.1, 0.15) is 11.4 Å². The van der Waals surface area contributed by atoms with Crippen molar-refractivity contribution < 1.29 is 23.4 Å². The molecule has 0 radical (unpaired) electrons. The van der Waals surface area contributed by atoms with Crippen LogP contribution in [0.4, 0.5) is 4.39 Å². The number of halogens is 1. The van der Waals surface area contributed by atoms with E-state index in [0.717, 1.165) is 11.1 Å². The molecule has 1 aliphatic carbocycles. The number of nitrogens with zero attached hydrogens (tertiary/aromatic N) is 2. The monoisotopic (exact) mass is 475 g/mol. The molecule has 8 heteroatoms. The molecule has 1 N–H and O–H groups in total. The zero-order valence-corrected chi connectivity index (χ0v) is 19.3. The minimum Gasteiger partial charge on any atom is -0.619 e. The molecule has 2 atom stereocenters. The van der Waals surface area contributed by atoms with E-state index in [2.05, 4.69) is 11.4 Å². The molecule has 35 heavy (non-hydrogen) atoms. The number of fused-ring (bicyclic) bond motifs is 2. The lowest BCUT2D eigenvalue weighted by molar-refractivity contribution is -0.605. The first-order valence-corrected chi connectivity index (χ1v) is 11.6. The van der Waals surface area contributed by atoms with Crippen molar-refractivity contribution in [3.8, 4) is 0 Å². The number of amides is 2. The maximum absolute atomic E-state index is 13.7. The van der Waals surface area contributed by atoms with Gasteiger partial charge in [-0.15, -0.1) is 0 Å². The fraction of sp³-hybridized carbons (Fsp3) is 0.296. The second-order valence-electron chi connectivity index (χ2n) is 9.11. The number of pyridine rings is 1. The third-order valence-corrected chi connectivity index (χ3v) is 7.27. The second kappa shape index (κ2) is 9.11. The molecule has 1 aromatic heterocycles. The molecule has 1 spiro atoms. The highest BCUT2D eigenvalue weighted by Crippen LogP contribution is 2.52. The van der Waals surface area contributed by atoms with E-state index in [0.29, 0.717) is 36.2 Å². The first kappa shape index (κ1) is 23.0. The van der Waals surface area contributed by atoms with Crippen LogP contribution in [-0.4, -0.2) is 43.0 Å². The van der Waals surface area contributed by atoms with Crippen molar-refractivity contribution in [3.63, 3.8) is 0 Å². The number of rotatable bonds is 4. The third-order valence-electron chi connectivity index (χ3n) is 7.27. The molecule has 0 bridgehead atoms. The van der Waals surface area contributed by atoms with E-state index in [9.17, 15) is 19.2 Å². The van der Waals surface area contributed by atoms with Crippen LogP contribution < -0.4 is 10.0 Å². The van der Waals surface area contributed by atoms with Crippen molar-refractivity contribution in [2.75, 3.05) is 20.2 Å². The molecule has 7 nitrogen and oxygen atoms in total. The lowest BCUT2D eigenvalue weighted by atomic mass is 9.71. The number of hydrogen-bond acceptors (Lipinski definition) is 4. The highest BCUT2D eigenvalue weighted by atomic mass is 19.1. The number of ether oxygens (including phenoxy) is 1. The molecular formula is C27H26FN3O4. The number of carbonyl (C=O) groups excluding carboxylic acids is 2. The number of likely N-dealkylation sites (tertiary alicyclic amines) is 1. The highest BCUT2D eigenvalue weighted by Gasteiger charge is 2.54. The summed E-state index contributed by atoms with van der Waals surface area (Å²) in [4.78, 5) is 27.8. The maximum Gasteiger partial charge on any atom is 0.259 e. The highest BCUT2D eigenvalue weighted by molar-refractivity contribution is 5.95. The van der Waals surface area contributed by atoms with E-state index in [-0.39, 0.29) is 23.5 Å². The Morgan fingerprint density at radius 1 is 1.09 bits per heavy atom. The lowest BCUT2D eigenvalue weighted by Crippen LogP contribution is -2.51. The molecule has 0 unspecified atom stereocenters. The number of methoxy groups -OCH3 is 1. The normalized spacial score (nSPS) is 20.5. The summed E-state index contributed by atoms with van der Waals surface area (Å²) >= 11 is 0. The smallest absolute Gasteiger partial charge is 0.259 e. The van der Waals surface area contributed by atoms with Gasteiger partial charge in [0.25, 0.3) is 11.8 Å². The molecule has 3 aromatic rings. The molecule has 2 aromatic carbocycles. The number of aromatic nitrogens is 1. The van der Waals surface area contributed by atoms with Gasteiger partial charge in [-0.25, -0.2) is 4.39 Å². The van der Waals surface area contributed by atoms with E-state index < -0.39 is 17.3 Å². The molecule has 5 rings (SSSR count). The van der Waals surface area contributed by atoms with Gasteiger partial charge in [-0.2, -0.15) is 4.73 Å². The van der Waals surface area contributed by atoms with Crippen LogP contribution in [0.2, 0.25) is 0 Å². The third kappa shape index (κ3) is 4.04. The first-order chi connectivity index (χ1) is 16.9. The summed E-state index contributed by atoms with van der Waals surface area (Å²) in [5.74, 6) is -1.02. The number of carbonyl (C=O) groups is 2. The zero-order valence-electron chi connectivity index (χ0n) is 19.3. The van der Waals surface area contributed by atoms with Gasteiger partial charge in [0.15, 0.2) is 12.4 Å². The lowest BCUT2D eigenvalue weighted by Gasteiger charge is -2.44. The van der Waals surface area contributed by atoms with Crippen LogP contribution >= 0.6 is 0 Å². The van der Waals surface area contributed by atoms with Crippen molar-refractivity contribution in [2.24, 2.45) is 0 Å². The Hall–Kier alpha value is -3.78. The van der Waals surface area contributed by atoms with Gasteiger partial charge in [-0.05, 0) is 48.2 Å². The van der Waals surface area contributed by atoms with E-state index in [1.54, 1.807) is 30.2 Å². The predicted octanol–water partition coefficient (Wildman–Crippen LogP) is 3.13. The van der Waals surface area contributed by atoms with Gasteiger partial charge in [0.05, 0.1) is 12.1 Å². The molecule has 0 saturated carbocycles. The number of hydrogen-bond donors (Lipinski definition) is 1. The quantitative estimate of drug-likeness (QED) is 0.464. The van der Waals surface area contributed by atoms with Crippen molar-refractivity contribution in [3.05, 3.63) is 106 Å². The Balaban J connectivity index is 1.41. The molecule has 2 aliphatic rings. The van der Waals surface area contributed by atoms with Crippen LogP contribution in [0.15, 0.2) is 73.1 Å². The average Bonchev–Trinajstić information content (AvgIpc) is 3.12. The Morgan fingerprint density at radius 2 is 1.83 bits per heavy atom. The fourth-order valence-electron chi connectivity index (χ4n) is 5.65. The van der Waals surface area contributed by atoms with Gasteiger partial charge in [-0.1, -0.05) is 30.3 Å². The van der Waals surface area contributed by atoms with Crippen molar-refractivity contribution in [1.82, 2.24) is 10.2 Å². The minimum absolute atomic E-state index is 0.179. The van der Waals surface area contributed by atoms with E-state index >= 15 is 0 Å². The maximum atomic E-state index is 13.7. The number of nitrogens with one attached hydrogen (secondary N) is 1. The van der Waals surface area contributed by atoms with E-state index in [1.165, 1.54) is 30.6 Å². The Labute approximate surface area is 202 Å². The van der Waals surface area contributed by atoms with Gasteiger partial charge < -0.3 is 20.2 Å². The summed E-state index contributed by atoms with van der Waals surface area (Å²) in [6.45, 7) is 0.983. The van der Waals surface area contributed by atoms with Crippen LogP contribution in [-0.2, 0) is 10.2 Å².